The summed E-state index contributed by atoms with van der Waals surface area (Å²) in [5.41, 5.74) is 1.72. The van der Waals surface area contributed by atoms with E-state index in [1.165, 1.54) is 14.2 Å². The van der Waals surface area contributed by atoms with Crippen LogP contribution >= 0.6 is 23.4 Å². The molecule has 1 heterocycles. The van der Waals surface area contributed by atoms with Crippen LogP contribution < -0.4 is 20.1 Å². The molecule has 2 N–H and O–H groups in total. The Kier molecular flexibility index (Phi) is 7.45. The molecule has 2 aromatic rings. The van der Waals surface area contributed by atoms with Crippen molar-refractivity contribution in [2.75, 3.05) is 25.3 Å². The quantitative estimate of drug-likeness (QED) is 0.650. The maximum Gasteiger partial charge on any atom is 0.234 e. The van der Waals surface area contributed by atoms with Gasteiger partial charge in [0.15, 0.2) is 11.5 Å². The molecule has 0 saturated heterocycles. The Bertz CT molecular complexity index is 1080. The molecule has 0 aliphatic carbocycles. The van der Waals surface area contributed by atoms with Gasteiger partial charge >= 0.3 is 0 Å². The number of halogens is 1. The number of thioether (sulfide) groups is 1. The second kappa shape index (κ2) is 10.2. The van der Waals surface area contributed by atoms with Crippen LogP contribution in [0.15, 0.2) is 53.1 Å². The number of nitrogens with zero attached hydrogens (tertiary/aromatic N) is 1. The summed E-state index contributed by atoms with van der Waals surface area (Å²) in [6.07, 6.45) is 0.122. The van der Waals surface area contributed by atoms with Crippen molar-refractivity contribution in [3.63, 3.8) is 0 Å². The molecule has 1 atom stereocenters. The lowest BCUT2D eigenvalue weighted by atomic mass is 9.87. The third-order valence-corrected chi connectivity index (χ3v) is 5.87. The van der Waals surface area contributed by atoms with E-state index in [1.807, 2.05) is 0 Å². The topological polar surface area (TPSA) is 100 Å². The molecule has 0 bridgehead atoms. The number of benzene rings is 2. The summed E-state index contributed by atoms with van der Waals surface area (Å²) in [4.78, 5) is 24.7. The first-order valence-electron chi connectivity index (χ1n) is 9.29. The van der Waals surface area contributed by atoms with Crippen molar-refractivity contribution in [3.05, 3.63) is 63.7 Å². The number of allylic oxidation sites excluding steroid dienone is 1. The molecule has 0 spiro atoms. The van der Waals surface area contributed by atoms with Crippen molar-refractivity contribution in [2.45, 2.75) is 12.3 Å². The van der Waals surface area contributed by atoms with Crippen molar-refractivity contribution in [3.8, 4) is 17.6 Å². The molecule has 9 heteroatoms. The molecule has 0 aromatic heterocycles. The van der Waals surface area contributed by atoms with E-state index in [9.17, 15) is 14.9 Å². The van der Waals surface area contributed by atoms with Crippen LogP contribution in [0.1, 0.15) is 17.9 Å². The third-order valence-electron chi connectivity index (χ3n) is 4.62. The lowest BCUT2D eigenvalue weighted by Crippen LogP contribution is -2.31. The Hall–Kier alpha value is -3.15. The molecular weight excluding hydrogens is 438 g/mol. The maximum atomic E-state index is 12.3. The van der Waals surface area contributed by atoms with E-state index >= 15 is 0 Å². The van der Waals surface area contributed by atoms with Gasteiger partial charge in [0.25, 0.3) is 0 Å². The molecule has 1 aliphatic heterocycles. The lowest BCUT2D eigenvalue weighted by Gasteiger charge is -2.25. The third kappa shape index (κ3) is 5.51. The van der Waals surface area contributed by atoms with E-state index in [0.717, 1.165) is 17.3 Å². The number of carbonyl (C=O) groups excluding carboxylic acids is 2. The number of anilines is 1. The number of ether oxygens (including phenoxy) is 2. The SMILES string of the molecule is COc1ccc([C@@H]2CC(=O)NC(SCC(=O)Nc3cccc(Cl)c3)=C2C#N)cc1OC. The van der Waals surface area contributed by atoms with Gasteiger partial charge in [-0.15, -0.1) is 0 Å². The lowest BCUT2D eigenvalue weighted by molar-refractivity contribution is -0.121. The first-order chi connectivity index (χ1) is 14.9. The Morgan fingerprint density at radius 1 is 1.26 bits per heavy atom. The molecule has 0 saturated carbocycles. The molecule has 2 aromatic carbocycles. The van der Waals surface area contributed by atoms with E-state index in [1.54, 1.807) is 42.5 Å². The van der Waals surface area contributed by atoms with E-state index < -0.39 is 5.92 Å². The summed E-state index contributed by atoms with van der Waals surface area (Å²) in [5.74, 6) is 0.138. The fourth-order valence-electron chi connectivity index (χ4n) is 3.19. The number of methoxy groups -OCH3 is 2. The second-order valence-corrected chi connectivity index (χ2v) is 8.04. The molecule has 7 nitrogen and oxygen atoms in total. The largest absolute Gasteiger partial charge is 0.493 e. The van der Waals surface area contributed by atoms with Gasteiger partial charge in [-0.25, -0.2) is 0 Å². The molecule has 0 fully saturated rings. The van der Waals surface area contributed by atoms with E-state index in [-0.39, 0.29) is 24.0 Å². The summed E-state index contributed by atoms with van der Waals surface area (Å²) >= 11 is 7.04. The van der Waals surface area contributed by atoms with Crippen molar-refractivity contribution in [2.24, 2.45) is 0 Å². The molecule has 0 radical (unpaired) electrons. The van der Waals surface area contributed by atoms with Crippen LogP contribution in [-0.2, 0) is 9.59 Å². The summed E-state index contributed by atoms with van der Waals surface area (Å²) in [5, 5.41) is 16.1. The van der Waals surface area contributed by atoms with Crippen LogP contribution in [0.3, 0.4) is 0 Å². The van der Waals surface area contributed by atoms with Gasteiger partial charge in [-0.1, -0.05) is 35.5 Å². The molecule has 3 rings (SSSR count). The van der Waals surface area contributed by atoms with Gasteiger partial charge in [-0.3, -0.25) is 9.59 Å². The zero-order valence-corrected chi connectivity index (χ0v) is 18.5. The van der Waals surface area contributed by atoms with Gasteiger partial charge in [0.05, 0.1) is 36.6 Å². The number of carbonyl (C=O) groups is 2. The fourth-order valence-corrected chi connectivity index (χ4v) is 4.26. The van der Waals surface area contributed by atoms with E-state index in [4.69, 9.17) is 21.1 Å². The monoisotopic (exact) mass is 457 g/mol. The number of nitrogens with one attached hydrogen (secondary N) is 2. The minimum Gasteiger partial charge on any atom is -0.493 e. The molecule has 160 valence electrons. The predicted octanol–water partition coefficient (Wildman–Crippen LogP) is 4.07. The van der Waals surface area contributed by atoms with Crippen LogP contribution in [0.25, 0.3) is 0 Å². The van der Waals surface area contributed by atoms with Gasteiger partial charge in [0.2, 0.25) is 11.8 Å². The zero-order valence-electron chi connectivity index (χ0n) is 16.9. The maximum absolute atomic E-state index is 12.3. The Morgan fingerprint density at radius 3 is 2.71 bits per heavy atom. The number of nitriles is 1. The van der Waals surface area contributed by atoms with Crippen molar-refractivity contribution in [1.82, 2.24) is 5.32 Å². The van der Waals surface area contributed by atoms with Crippen LogP contribution in [-0.4, -0.2) is 31.8 Å². The molecule has 2 amide bonds. The highest BCUT2D eigenvalue weighted by molar-refractivity contribution is 8.03. The molecule has 0 unspecified atom stereocenters. The average Bonchev–Trinajstić information content (AvgIpc) is 2.76. The van der Waals surface area contributed by atoms with Crippen LogP contribution in [0.5, 0.6) is 11.5 Å². The number of hydrogen-bond donors (Lipinski definition) is 2. The number of amides is 2. The van der Waals surface area contributed by atoms with Gasteiger partial charge < -0.3 is 20.1 Å². The Morgan fingerprint density at radius 2 is 2.03 bits per heavy atom. The van der Waals surface area contributed by atoms with Gasteiger partial charge in [0.1, 0.15) is 0 Å². The molecule has 31 heavy (non-hydrogen) atoms. The van der Waals surface area contributed by atoms with E-state index in [0.29, 0.717) is 32.8 Å². The normalized spacial score (nSPS) is 15.7. The average molecular weight is 458 g/mol. The molecule has 1 aliphatic rings. The van der Waals surface area contributed by atoms with Crippen molar-refractivity contribution >= 4 is 40.9 Å². The zero-order chi connectivity index (χ0) is 22.4. The highest BCUT2D eigenvalue weighted by atomic mass is 35.5. The first-order valence-corrected chi connectivity index (χ1v) is 10.7. The summed E-state index contributed by atoms with van der Waals surface area (Å²) in [6.45, 7) is 0. The van der Waals surface area contributed by atoms with Crippen molar-refractivity contribution < 1.29 is 19.1 Å². The predicted molar refractivity (Wildman–Crippen MR) is 120 cm³/mol. The van der Waals surface area contributed by atoms with Crippen molar-refractivity contribution in [1.29, 1.82) is 5.26 Å². The summed E-state index contributed by atoms with van der Waals surface area (Å²) in [6, 6.07) is 14.3. The number of hydrogen-bond acceptors (Lipinski definition) is 6. The minimum atomic E-state index is -0.447. The van der Waals surface area contributed by atoms with Gasteiger partial charge in [0, 0.05) is 23.0 Å². The Labute approximate surface area is 189 Å². The second-order valence-electron chi connectivity index (χ2n) is 6.62. The van der Waals surface area contributed by atoms with Crippen LogP contribution in [0.4, 0.5) is 5.69 Å². The minimum absolute atomic E-state index is 0.0198. The van der Waals surface area contributed by atoms with Gasteiger partial charge in [-0.05, 0) is 35.9 Å². The highest BCUT2D eigenvalue weighted by Crippen LogP contribution is 2.39. The van der Waals surface area contributed by atoms with E-state index in [2.05, 4.69) is 16.7 Å². The smallest absolute Gasteiger partial charge is 0.234 e. The highest BCUT2D eigenvalue weighted by Gasteiger charge is 2.30. The summed E-state index contributed by atoms with van der Waals surface area (Å²) in [7, 11) is 3.06. The first kappa shape index (κ1) is 22.5. The van der Waals surface area contributed by atoms with Gasteiger partial charge in [-0.2, -0.15) is 5.26 Å². The number of rotatable bonds is 7. The Balaban J connectivity index is 1.80. The van der Waals surface area contributed by atoms with Crippen LogP contribution in [0, 0.1) is 11.3 Å². The summed E-state index contributed by atoms with van der Waals surface area (Å²) < 4.78 is 10.6. The molecular formula is C22H20ClN3O4S. The standard InChI is InChI=1S/C22H20ClN3O4S/c1-29-18-7-6-13(8-19(18)30-2)16-10-20(27)26-22(17(16)11-24)31-12-21(28)25-15-5-3-4-14(23)9-15/h3-9,16H,10,12H2,1-2H3,(H,25,28)(H,26,27)/t16-/m0/s1. The van der Waals surface area contributed by atoms with Crippen LogP contribution in [0.2, 0.25) is 5.02 Å². The fraction of sp³-hybridized carbons (Fsp3) is 0.227.